The lowest BCUT2D eigenvalue weighted by atomic mass is 9.87. The summed E-state index contributed by atoms with van der Waals surface area (Å²) in [6.07, 6.45) is -10.2. The van der Waals surface area contributed by atoms with Crippen molar-refractivity contribution in [1.82, 2.24) is 15.2 Å². The summed E-state index contributed by atoms with van der Waals surface area (Å²) in [5, 5.41) is 12.6. The topological polar surface area (TPSA) is 110 Å². The first-order valence-corrected chi connectivity index (χ1v) is 14.3. The van der Waals surface area contributed by atoms with E-state index in [0.717, 1.165) is 11.0 Å². The Balaban J connectivity index is 1.39. The van der Waals surface area contributed by atoms with Gasteiger partial charge in [-0.25, -0.2) is 4.79 Å². The Bertz CT molecular complexity index is 1630. The number of hydrogen-bond acceptors (Lipinski definition) is 7. The molecule has 1 unspecified atom stereocenters. The minimum absolute atomic E-state index is 0.00783. The smallest absolute Gasteiger partial charge is 0.430 e. The van der Waals surface area contributed by atoms with E-state index in [4.69, 9.17) is 14.2 Å². The minimum atomic E-state index is -6.03. The van der Waals surface area contributed by atoms with Crippen LogP contribution in [0.25, 0.3) is 0 Å². The molecule has 2 aliphatic rings. The number of fused-ring (bicyclic) bond motifs is 1. The molecule has 1 atom stereocenters. The van der Waals surface area contributed by atoms with Gasteiger partial charge in [0, 0.05) is 17.8 Å². The van der Waals surface area contributed by atoms with Crippen LogP contribution in [-0.4, -0.2) is 52.5 Å². The number of aryl methyl sites for hydroxylation is 1. The second-order valence-corrected chi connectivity index (χ2v) is 10.8. The summed E-state index contributed by atoms with van der Waals surface area (Å²) in [7, 11) is 0. The molecule has 2 aliphatic heterocycles. The number of hydrogen-bond donors (Lipinski definition) is 2. The van der Waals surface area contributed by atoms with Gasteiger partial charge in [-0.15, -0.1) is 0 Å². The van der Waals surface area contributed by atoms with Crippen LogP contribution in [0.1, 0.15) is 49.1 Å². The number of amides is 3. The first-order chi connectivity index (χ1) is 21.6. The number of nitrogens with zero attached hydrogens (tertiary/aromatic N) is 2. The highest BCUT2D eigenvalue weighted by Gasteiger charge is 2.71. The summed E-state index contributed by atoms with van der Waals surface area (Å²) < 4.78 is 97.9. The molecule has 1 aromatic heterocycles. The minimum Gasteiger partial charge on any atom is -0.486 e. The van der Waals surface area contributed by atoms with Crippen LogP contribution in [0, 0.1) is 0 Å². The average Bonchev–Trinajstić information content (AvgIpc) is 3.25. The van der Waals surface area contributed by atoms with E-state index in [1.54, 1.807) is 32.0 Å². The van der Waals surface area contributed by atoms with Gasteiger partial charge < -0.3 is 24.6 Å². The summed E-state index contributed by atoms with van der Waals surface area (Å²) in [5.74, 6) is 0.475. The van der Waals surface area contributed by atoms with Crippen molar-refractivity contribution in [2.75, 3.05) is 13.2 Å². The molecule has 3 amide bonds. The van der Waals surface area contributed by atoms with E-state index in [0.29, 0.717) is 48.8 Å². The molecular formula is C31H29F6N3O6. The third kappa shape index (κ3) is 5.67. The van der Waals surface area contributed by atoms with Crippen molar-refractivity contribution in [3.63, 3.8) is 0 Å². The maximum Gasteiger partial charge on any atom is 0.430 e. The number of benzene rings is 2. The third-order valence-electron chi connectivity index (χ3n) is 7.90. The van der Waals surface area contributed by atoms with E-state index < -0.39 is 41.0 Å². The number of rotatable bonds is 9. The van der Waals surface area contributed by atoms with Crippen molar-refractivity contribution in [1.29, 1.82) is 0 Å². The van der Waals surface area contributed by atoms with Gasteiger partial charge in [0.2, 0.25) is 0 Å². The van der Waals surface area contributed by atoms with Gasteiger partial charge in [0.1, 0.15) is 30.3 Å². The molecule has 3 aromatic rings. The summed E-state index contributed by atoms with van der Waals surface area (Å²) in [6.45, 7) is 3.86. The first-order valence-electron chi connectivity index (χ1n) is 14.3. The van der Waals surface area contributed by atoms with Gasteiger partial charge in [-0.1, -0.05) is 32.4 Å². The zero-order valence-electron chi connectivity index (χ0n) is 24.6. The molecule has 2 N–H and O–H groups in total. The van der Waals surface area contributed by atoms with Gasteiger partial charge in [-0.05, 0) is 54.3 Å². The Morgan fingerprint density at radius 2 is 1.65 bits per heavy atom. The van der Waals surface area contributed by atoms with E-state index in [1.807, 2.05) is 0 Å². The van der Waals surface area contributed by atoms with Crippen LogP contribution in [0.15, 0.2) is 54.7 Å². The fourth-order valence-electron chi connectivity index (χ4n) is 5.47. The van der Waals surface area contributed by atoms with Crippen molar-refractivity contribution in [2.24, 2.45) is 0 Å². The third-order valence-corrected chi connectivity index (χ3v) is 7.90. The van der Waals surface area contributed by atoms with Crippen LogP contribution in [0.3, 0.4) is 0 Å². The quantitative estimate of drug-likeness (QED) is 0.207. The zero-order chi connectivity index (χ0) is 33.5. The van der Waals surface area contributed by atoms with E-state index >= 15 is 0 Å². The van der Waals surface area contributed by atoms with Gasteiger partial charge in [0.25, 0.3) is 11.5 Å². The fraction of sp³-hybridized carbons (Fsp3) is 0.387. The Morgan fingerprint density at radius 1 is 0.957 bits per heavy atom. The van der Waals surface area contributed by atoms with Crippen LogP contribution in [0.5, 0.6) is 23.0 Å². The molecule has 0 aliphatic carbocycles. The number of alkyl halides is 6. The van der Waals surface area contributed by atoms with E-state index in [2.05, 4.69) is 10.3 Å². The van der Waals surface area contributed by atoms with Crippen LogP contribution < -0.4 is 19.5 Å². The number of pyridine rings is 1. The molecule has 2 aromatic carbocycles. The number of ether oxygens (including phenoxy) is 3. The lowest BCUT2D eigenvalue weighted by molar-refractivity contribution is -0.376. The molecule has 0 radical (unpaired) electrons. The number of aromatic nitrogens is 1. The van der Waals surface area contributed by atoms with Crippen LogP contribution in [-0.2, 0) is 28.9 Å². The van der Waals surface area contributed by atoms with Crippen molar-refractivity contribution in [2.45, 2.75) is 63.1 Å². The predicted molar refractivity (Wildman–Crippen MR) is 149 cm³/mol. The molecule has 15 heteroatoms. The van der Waals surface area contributed by atoms with Gasteiger partial charge in [-0.3, -0.25) is 14.7 Å². The summed E-state index contributed by atoms with van der Waals surface area (Å²) in [6, 6.07) is 9.15. The lowest BCUT2D eigenvalue weighted by Crippen LogP contribution is -2.53. The highest BCUT2D eigenvalue weighted by Crippen LogP contribution is 2.51. The largest absolute Gasteiger partial charge is 0.486 e. The number of carbonyl (C=O) groups excluding carboxylic acids is 2. The van der Waals surface area contributed by atoms with Crippen molar-refractivity contribution >= 4 is 11.9 Å². The monoisotopic (exact) mass is 653 g/mol. The van der Waals surface area contributed by atoms with E-state index in [-0.39, 0.29) is 42.1 Å². The molecule has 0 spiro atoms. The van der Waals surface area contributed by atoms with Gasteiger partial charge >= 0.3 is 18.4 Å². The van der Waals surface area contributed by atoms with Crippen molar-refractivity contribution in [3.8, 4) is 23.0 Å². The molecule has 3 heterocycles. The van der Waals surface area contributed by atoms with Crippen LogP contribution in [0.4, 0.5) is 31.1 Å². The van der Waals surface area contributed by atoms with E-state index in [1.165, 1.54) is 18.3 Å². The molecule has 9 nitrogen and oxygen atoms in total. The number of nitrogens with one attached hydrogen (secondary N) is 1. The van der Waals surface area contributed by atoms with E-state index in [9.17, 15) is 41.0 Å². The summed E-state index contributed by atoms with van der Waals surface area (Å²) >= 11 is 0. The average molecular weight is 654 g/mol. The first kappa shape index (κ1) is 32.9. The number of halogens is 6. The second-order valence-electron chi connectivity index (χ2n) is 10.8. The Labute approximate surface area is 259 Å². The normalized spacial score (nSPS) is 18.5. The predicted octanol–water partition coefficient (Wildman–Crippen LogP) is 6.27. The van der Waals surface area contributed by atoms with Crippen molar-refractivity contribution in [3.05, 3.63) is 77.1 Å². The lowest BCUT2D eigenvalue weighted by Gasteiger charge is -2.33. The Hall–Kier alpha value is -4.53. The van der Waals surface area contributed by atoms with Crippen molar-refractivity contribution < 1.29 is 55.2 Å². The molecule has 0 saturated carbocycles. The van der Waals surface area contributed by atoms with Crippen LogP contribution >= 0.6 is 0 Å². The summed E-state index contributed by atoms with van der Waals surface area (Å²) in [5.41, 5.74) is -7.15. The zero-order valence-corrected chi connectivity index (χ0v) is 24.6. The van der Waals surface area contributed by atoms with Gasteiger partial charge in [-0.2, -0.15) is 26.3 Å². The highest BCUT2D eigenvalue weighted by molar-refractivity contribution is 6.07. The highest BCUT2D eigenvalue weighted by atomic mass is 19.4. The molecule has 5 rings (SSSR count). The molecule has 46 heavy (non-hydrogen) atoms. The molecular weight excluding hydrogens is 624 g/mol. The number of imide groups is 1. The molecule has 1 fully saturated rings. The second kappa shape index (κ2) is 12.0. The fourth-order valence-corrected chi connectivity index (χ4v) is 5.47. The van der Waals surface area contributed by atoms with Gasteiger partial charge in [0.15, 0.2) is 11.5 Å². The summed E-state index contributed by atoms with van der Waals surface area (Å²) in [4.78, 5) is 32.0. The maximum atomic E-state index is 13.7. The number of urea groups is 1. The van der Waals surface area contributed by atoms with Gasteiger partial charge in [0.05, 0.1) is 12.2 Å². The number of aliphatic hydroxyl groups is 1. The SMILES string of the molecule is CCCc1cc(C(O)(C(F)(F)F)C(F)(F)F)ccc1Oc1ccnc(CN2C(=O)NC(CC)(c3ccc4c(c3)OCCO4)C2=O)c1. The standard InChI is InChI=1S/C31H29F6N3O6/c1-3-5-18-14-20(29(43,30(32,33)34)31(35,36)37)7-8-23(18)46-22-10-11-38-21(16-22)17-40-26(41)28(4-2,39-27(40)42)19-6-9-24-25(15-19)45-13-12-44-24/h6-11,14-16,43H,3-5,12-13,17H2,1-2H3,(H,39,42). The molecule has 1 saturated heterocycles. The Kier molecular flexibility index (Phi) is 8.57. The molecule has 246 valence electrons. The number of carbonyl (C=O) groups is 2. The molecule has 0 bridgehead atoms. The maximum absolute atomic E-state index is 13.7. The van der Waals surface area contributed by atoms with Crippen LogP contribution in [0.2, 0.25) is 0 Å². The Morgan fingerprint density at radius 3 is 2.30 bits per heavy atom.